The SMILES string of the molecule is CC(CCO)n1cc(C#N)c(=O)[nH]c1=O. The van der Waals surface area contributed by atoms with E-state index in [1.165, 1.54) is 10.8 Å². The number of rotatable bonds is 3. The predicted octanol–water partition coefficient (Wildman–Crippen LogP) is -0.648. The zero-order valence-corrected chi connectivity index (χ0v) is 8.23. The Hall–Kier alpha value is -1.87. The highest BCUT2D eigenvalue weighted by Gasteiger charge is 2.09. The van der Waals surface area contributed by atoms with E-state index in [-0.39, 0.29) is 18.2 Å². The number of nitrogens with one attached hydrogen (secondary N) is 1. The molecule has 1 unspecified atom stereocenters. The maximum atomic E-state index is 11.3. The van der Waals surface area contributed by atoms with Gasteiger partial charge in [-0.25, -0.2) is 4.79 Å². The summed E-state index contributed by atoms with van der Waals surface area (Å²) in [6.45, 7) is 1.66. The van der Waals surface area contributed by atoms with Crippen LogP contribution in [0, 0.1) is 11.3 Å². The van der Waals surface area contributed by atoms with Gasteiger partial charge in [-0.3, -0.25) is 14.3 Å². The largest absolute Gasteiger partial charge is 0.396 e. The molecule has 1 heterocycles. The van der Waals surface area contributed by atoms with Crippen LogP contribution < -0.4 is 11.2 Å². The number of aromatic nitrogens is 2. The Morgan fingerprint density at radius 3 is 2.87 bits per heavy atom. The highest BCUT2D eigenvalue weighted by molar-refractivity contribution is 5.21. The number of hydrogen-bond donors (Lipinski definition) is 2. The number of hydrogen-bond acceptors (Lipinski definition) is 4. The minimum Gasteiger partial charge on any atom is -0.396 e. The topological polar surface area (TPSA) is 98.9 Å². The van der Waals surface area contributed by atoms with Crippen LogP contribution in [0.15, 0.2) is 15.8 Å². The molecule has 6 heteroatoms. The van der Waals surface area contributed by atoms with Gasteiger partial charge in [0.1, 0.15) is 11.6 Å². The molecule has 0 spiro atoms. The molecule has 0 aliphatic heterocycles. The van der Waals surface area contributed by atoms with Gasteiger partial charge in [0, 0.05) is 18.8 Å². The summed E-state index contributed by atoms with van der Waals surface area (Å²) in [6, 6.07) is 1.44. The van der Waals surface area contributed by atoms with Crippen LogP contribution in [-0.2, 0) is 0 Å². The summed E-state index contributed by atoms with van der Waals surface area (Å²) in [4.78, 5) is 24.4. The monoisotopic (exact) mass is 209 g/mol. The molecule has 80 valence electrons. The third-order valence-corrected chi connectivity index (χ3v) is 2.11. The molecule has 0 bridgehead atoms. The first-order chi connectivity index (χ1) is 7.10. The second-order valence-corrected chi connectivity index (χ2v) is 3.18. The Balaban J connectivity index is 3.26. The fraction of sp³-hybridized carbons (Fsp3) is 0.444. The van der Waals surface area contributed by atoms with Crippen molar-refractivity contribution in [1.29, 1.82) is 5.26 Å². The van der Waals surface area contributed by atoms with Gasteiger partial charge in [-0.15, -0.1) is 0 Å². The molecule has 1 aromatic rings. The van der Waals surface area contributed by atoms with Gasteiger partial charge < -0.3 is 5.11 Å². The molecule has 15 heavy (non-hydrogen) atoms. The average Bonchev–Trinajstić information content (AvgIpc) is 2.18. The van der Waals surface area contributed by atoms with Crippen LogP contribution in [0.4, 0.5) is 0 Å². The van der Waals surface area contributed by atoms with Crippen LogP contribution in [-0.4, -0.2) is 21.3 Å². The third kappa shape index (κ3) is 2.33. The minimum absolute atomic E-state index is 0.0609. The normalized spacial score (nSPS) is 12.1. The highest BCUT2D eigenvalue weighted by Crippen LogP contribution is 2.05. The maximum absolute atomic E-state index is 11.3. The molecule has 0 amide bonds. The second-order valence-electron chi connectivity index (χ2n) is 3.18. The molecule has 0 aliphatic carbocycles. The maximum Gasteiger partial charge on any atom is 0.328 e. The van der Waals surface area contributed by atoms with Gasteiger partial charge in [-0.1, -0.05) is 0 Å². The van der Waals surface area contributed by atoms with Crippen molar-refractivity contribution in [2.24, 2.45) is 0 Å². The van der Waals surface area contributed by atoms with Crippen LogP contribution in [0.5, 0.6) is 0 Å². The molecule has 1 rings (SSSR count). The number of aliphatic hydroxyl groups excluding tert-OH is 1. The molecule has 1 aromatic heterocycles. The number of nitrogens with zero attached hydrogens (tertiary/aromatic N) is 2. The molecule has 0 saturated carbocycles. The summed E-state index contributed by atoms with van der Waals surface area (Å²) in [5.74, 6) is 0. The van der Waals surface area contributed by atoms with Gasteiger partial charge >= 0.3 is 5.69 Å². The van der Waals surface area contributed by atoms with Gasteiger partial charge in [0.25, 0.3) is 5.56 Å². The fourth-order valence-corrected chi connectivity index (χ4v) is 1.22. The molecule has 2 N–H and O–H groups in total. The molecule has 1 atom stereocenters. The van der Waals surface area contributed by atoms with Crippen LogP contribution in [0.2, 0.25) is 0 Å². The lowest BCUT2D eigenvalue weighted by atomic mass is 10.2. The van der Waals surface area contributed by atoms with Crippen LogP contribution >= 0.6 is 0 Å². The molecule has 0 saturated heterocycles. The number of aliphatic hydroxyl groups is 1. The number of H-pyrrole nitrogens is 1. The summed E-state index contributed by atoms with van der Waals surface area (Å²) >= 11 is 0. The highest BCUT2D eigenvalue weighted by atomic mass is 16.3. The third-order valence-electron chi connectivity index (χ3n) is 2.11. The Labute approximate surface area is 85.4 Å². The summed E-state index contributed by atoms with van der Waals surface area (Å²) in [6.07, 6.45) is 1.60. The van der Waals surface area contributed by atoms with E-state index < -0.39 is 11.2 Å². The van der Waals surface area contributed by atoms with Gasteiger partial charge in [-0.2, -0.15) is 5.26 Å². The van der Waals surface area contributed by atoms with Crippen LogP contribution in [0.3, 0.4) is 0 Å². The standard InChI is InChI=1S/C9H11N3O3/c1-6(2-3-13)12-5-7(4-10)8(14)11-9(12)15/h5-6,13H,2-3H2,1H3,(H,11,14,15). The number of nitriles is 1. The van der Waals surface area contributed by atoms with Crippen molar-refractivity contribution in [1.82, 2.24) is 9.55 Å². The van der Waals surface area contributed by atoms with Crippen molar-refractivity contribution in [3.8, 4) is 6.07 Å². The van der Waals surface area contributed by atoms with E-state index in [0.717, 1.165) is 0 Å². The van der Waals surface area contributed by atoms with Crippen molar-refractivity contribution in [2.75, 3.05) is 6.61 Å². The van der Waals surface area contributed by atoms with E-state index in [2.05, 4.69) is 0 Å². The van der Waals surface area contributed by atoms with E-state index in [4.69, 9.17) is 10.4 Å². The first kappa shape index (κ1) is 11.2. The smallest absolute Gasteiger partial charge is 0.328 e. The van der Waals surface area contributed by atoms with Gasteiger partial charge in [0.05, 0.1) is 0 Å². The van der Waals surface area contributed by atoms with Crippen LogP contribution in [0.1, 0.15) is 24.9 Å². The minimum atomic E-state index is -0.685. The lowest BCUT2D eigenvalue weighted by Gasteiger charge is -2.12. The van der Waals surface area contributed by atoms with E-state index in [1.54, 1.807) is 13.0 Å². The summed E-state index contributed by atoms with van der Waals surface area (Å²) < 4.78 is 1.23. The van der Waals surface area contributed by atoms with Crippen LogP contribution in [0.25, 0.3) is 0 Å². The van der Waals surface area contributed by atoms with Crippen molar-refractivity contribution in [2.45, 2.75) is 19.4 Å². The first-order valence-electron chi connectivity index (χ1n) is 4.46. The number of aromatic amines is 1. The second kappa shape index (κ2) is 4.57. The van der Waals surface area contributed by atoms with E-state index >= 15 is 0 Å². The Morgan fingerprint density at radius 1 is 1.67 bits per heavy atom. The zero-order valence-electron chi connectivity index (χ0n) is 8.23. The quantitative estimate of drug-likeness (QED) is 0.691. The molecule has 6 nitrogen and oxygen atoms in total. The van der Waals surface area contributed by atoms with E-state index in [0.29, 0.717) is 6.42 Å². The Kier molecular flexibility index (Phi) is 3.42. The van der Waals surface area contributed by atoms with Crippen molar-refractivity contribution in [3.05, 3.63) is 32.6 Å². The first-order valence-corrected chi connectivity index (χ1v) is 4.46. The van der Waals surface area contributed by atoms with Crippen molar-refractivity contribution < 1.29 is 5.11 Å². The summed E-state index contributed by atoms with van der Waals surface area (Å²) in [7, 11) is 0. The van der Waals surface area contributed by atoms with Crippen molar-refractivity contribution >= 4 is 0 Å². The Bertz CT molecular complexity index is 495. The fourth-order valence-electron chi connectivity index (χ4n) is 1.22. The molecule has 0 radical (unpaired) electrons. The summed E-state index contributed by atoms with van der Waals surface area (Å²) in [5, 5.41) is 17.3. The van der Waals surface area contributed by atoms with Gasteiger partial charge in [-0.05, 0) is 13.3 Å². The molecule has 0 aromatic carbocycles. The van der Waals surface area contributed by atoms with Gasteiger partial charge in [0.2, 0.25) is 0 Å². The molecule has 0 fully saturated rings. The molecular formula is C9H11N3O3. The van der Waals surface area contributed by atoms with E-state index in [1.807, 2.05) is 4.98 Å². The van der Waals surface area contributed by atoms with Gasteiger partial charge in [0.15, 0.2) is 0 Å². The van der Waals surface area contributed by atoms with E-state index in [9.17, 15) is 9.59 Å². The zero-order chi connectivity index (χ0) is 11.4. The average molecular weight is 209 g/mol. The molecule has 0 aliphatic rings. The van der Waals surface area contributed by atoms with Crippen molar-refractivity contribution in [3.63, 3.8) is 0 Å². The Morgan fingerprint density at radius 2 is 2.33 bits per heavy atom. The molecular weight excluding hydrogens is 198 g/mol. The predicted molar refractivity (Wildman–Crippen MR) is 52.5 cm³/mol. The lowest BCUT2D eigenvalue weighted by Crippen LogP contribution is -2.33. The summed E-state index contributed by atoms with van der Waals surface area (Å²) in [5.41, 5.74) is -1.37. The lowest BCUT2D eigenvalue weighted by molar-refractivity contribution is 0.260.